The summed E-state index contributed by atoms with van der Waals surface area (Å²) < 4.78 is 0. The van der Waals surface area contributed by atoms with Gasteiger partial charge in [0.1, 0.15) is 0 Å². The van der Waals surface area contributed by atoms with Gasteiger partial charge in [0.25, 0.3) is 0 Å². The average molecular weight is 425 g/mol. The Kier molecular flexibility index (Phi) is 9.38. The summed E-state index contributed by atoms with van der Waals surface area (Å²) in [5.41, 5.74) is -0.262. The lowest BCUT2D eigenvalue weighted by molar-refractivity contribution is -0.128. The number of nitrogens with zero attached hydrogens (tertiary/aromatic N) is 2. The Hall–Kier alpha value is -1.06. The van der Waals surface area contributed by atoms with E-state index in [2.05, 4.69) is 20.9 Å². The van der Waals surface area contributed by atoms with Crippen LogP contribution in [0.5, 0.6) is 0 Å². The minimum Gasteiger partial charge on any atom is -0.350 e. The second-order valence-electron chi connectivity index (χ2n) is 6.17. The highest BCUT2D eigenvalue weighted by molar-refractivity contribution is 14.0. The van der Waals surface area contributed by atoms with Gasteiger partial charge in [-0.3, -0.25) is 14.6 Å². The van der Waals surface area contributed by atoms with Crippen molar-refractivity contribution in [1.29, 1.82) is 0 Å². The van der Waals surface area contributed by atoms with Gasteiger partial charge in [-0.15, -0.1) is 24.0 Å². The van der Waals surface area contributed by atoms with Crippen molar-refractivity contribution in [2.45, 2.75) is 39.2 Å². The summed E-state index contributed by atoms with van der Waals surface area (Å²) in [7, 11) is 1.61. The Morgan fingerprint density at radius 2 is 1.64 bits per heavy atom. The monoisotopic (exact) mass is 425 g/mol. The van der Waals surface area contributed by atoms with Crippen LogP contribution in [0.2, 0.25) is 0 Å². The summed E-state index contributed by atoms with van der Waals surface area (Å²) in [5, 5.41) is 8.67. The molecular weight excluding hydrogens is 397 g/mol. The molecule has 0 radical (unpaired) electrons. The van der Waals surface area contributed by atoms with Crippen molar-refractivity contribution in [1.82, 2.24) is 20.9 Å². The van der Waals surface area contributed by atoms with Crippen molar-refractivity contribution in [3.05, 3.63) is 0 Å². The fourth-order valence-corrected chi connectivity index (χ4v) is 2.08. The zero-order chi connectivity index (χ0) is 15.9. The molecule has 0 aliphatic carbocycles. The van der Waals surface area contributed by atoms with Gasteiger partial charge in [0.2, 0.25) is 11.8 Å². The van der Waals surface area contributed by atoms with Crippen molar-refractivity contribution < 1.29 is 9.59 Å². The molecule has 1 saturated heterocycles. The molecule has 2 amide bonds. The van der Waals surface area contributed by atoms with Crippen LogP contribution in [-0.4, -0.2) is 61.4 Å². The summed E-state index contributed by atoms with van der Waals surface area (Å²) in [4.78, 5) is 29.4. The molecule has 0 unspecified atom stereocenters. The maximum absolute atomic E-state index is 11.9. The molecule has 0 aromatic carbocycles. The molecule has 22 heavy (non-hydrogen) atoms. The van der Waals surface area contributed by atoms with Crippen LogP contribution >= 0.6 is 24.0 Å². The highest BCUT2D eigenvalue weighted by atomic mass is 127. The summed E-state index contributed by atoms with van der Waals surface area (Å²) >= 11 is 0. The fraction of sp³-hybridized carbons (Fsp3) is 0.786. The highest BCUT2D eigenvalue weighted by Gasteiger charge is 2.18. The van der Waals surface area contributed by atoms with Gasteiger partial charge in [0.05, 0.1) is 13.1 Å². The quantitative estimate of drug-likeness (QED) is 0.344. The van der Waals surface area contributed by atoms with Gasteiger partial charge in [-0.25, -0.2) is 0 Å². The SMILES string of the molecule is CN=C(NCC(=O)NC(C)(C)C)NCC(=O)N1CCCC1.I. The van der Waals surface area contributed by atoms with Gasteiger partial charge in [-0.1, -0.05) is 0 Å². The predicted molar refractivity (Wildman–Crippen MR) is 98.5 cm³/mol. The maximum Gasteiger partial charge on any atom is 0.241 e. The molecular formula is C14H28IN5O2. The first-order valence-electron chi connectivity index (χ1n) is 7.35. The van der Waals surface area contributed by atoms with Crippen LogP contribution in [0, 0.1) is 0 Å². The van der Waals surface area contributed by atoms with E-state index >= 15 is 0 Å². The number of aliphatic imine (C=N–C) groups is 1. The number of rotatable bonds is 4. The van der Waals surface area contributed by atoms with Crippen LogP contribution in [0.25, 0.3) is 0 Å². The van der Waals surface area contributed by atoms with E-state index in [0.29, 0.717) is 5.96 Å². The number of hydrogen-bond donors (Lipinski definition) is 3. The van der Waals surface area contributed by atoms with E-state index in [1.165, 1.54) is 0 Å². The largest absolute Gasteiger partial charge is 0.350 e. The van der Waals surface area contributed by atoms with Crippen LogP contribution < -0.4 is 16.0 Å². The lowest BCUT2D eigenvalue weighted by atomic mass is 10.1. The number of likely N-dealkylation sites (tertiary alicyclic amines) is 1. The van der Waals surface area contributed by atoms with E-state index in [4.69, 9.17) is 0 Å². The zero-order valence-electron chi connectivity index (χ0n) is 13.9. The molecule has 1 aliphatic heterocycles. The third kappa shape index (κ3) is 8.40. The Bertz CT molecular complexity index is 401. The second-order valence-corrected chi connectivity index (χ2v) is 6.17. The Morgan fingerprint density at radius 3 is 2.14 bits per heavy atom. The Labute approximate surface area is 149 Å². The zero-order valence-corrected chi connectivity index (χ0v) is 16.2. The van der Waals surface area contributed by atoms with Gasteiger partial charge in [-0.05, 0) is 33.6 Å². The van der Waals surface area contributed by atoms with Crippen molar-refractivity contribution >= 4 is 41.8 Å². The summed E-state index contributed by atoms with van der Waals surface area (Å²) in [6.45, 7) is 7.75. The topological polar surface area (TPSA) is 85.8 Å². The smallest absolute Gasteiger partial charge is 0.241 e. The van der Waals surface area contributed by atoms with Crippen molar-refractivity contribution in [3.63, 3.8) is 0 Å². The fourth-order valence-electron chi connectivity index (χ4n) is 2.08. The lowest BCUT2D eigenvalue weighted by Crippen LogP contribution is -2.49. The molecule has 1 heterocycles. The van der Waals surface area contributed by atoms with E-state index in [1.54, 1.807) is 7.05 Å². The Balaban J connectivity index is 0.00000441. The van der Waals surface area contributed by atoms with E-state index in [0.717, 1.165) is 25.9 Å². The van der Waals surface area contributed by atoms with Crippen molar-refractivity contribution in [2.75, 3.05) is 33.2 Å². The third-order valence-corrected chi connectivity index (χ3v) is 3.02. The average Bonchev–Trinajstić information content (AvgIpc) is 2.90. The van der Waals surface area contributed by atoms with Crippen LogP contribution in [0.4, 0.5) is 0 Å². The molecule has 1 aliphatic rings. The number of guanidine groups is 1. The molecule has 0 saturated carbocycles. The molecule has 0 spiro atoms. The maximum atomic E-state index is 11.9. The molecule has 7 nitrogen and oxygen atoms in total. The molecule has 0 aromatic rings. The first-order chi connectivity index (χ1) is 9.81. The normalized spacial score (nSPS) is 15.1. The molecule has 1 fully saturated rings. The second kappa shape index (κ2) is 9.86. The van der Waals surface area contributed by atoms with Gasteiger partial charge in [0, 0.05) is 25.7 Å². The lowest BCUT2D eigenvalue weighted by Gasteiger charge is -2.21. The highest BCUT2D eigenvalue weighted by Crippen LogP contribution is 2.06. The van der Waals surface area contributed by atoms with Crippen molar-refractivity contribution in [3.8, 4) is 0 Å². The number of hydrogen-bond acceptors (Lipinski definition) is 3. The number of carbonyl (C=O) groups excluding carboxylic acids is 2. The molecule has 0 atom stereocenters. The predicted octanol–water partition coefficient (Wildman–Crippen LogP) is 0.307. The molecule has 1 rings (SSSR count). The Morgan fingerprint density at radius 1 is 1.09 bits per heavy atom. The summed E-state index contributed by atoms with van der Waals surface area (Å²) in [5.74, 6) is 0.400. The van der Waals surface area contributed by atoms with Crippen LogP contribution in [0.3, 0.4) is 0 Å². The van der Waals surface area contributed by atoms with Crippen LogP contribution in [-0.2, 0) is 9.59 Å². The van der Waals surface area contributed by atoms with Crippen LogP contribution in [0.15, 0.2) is 4.99 Å². The van der Waals surface area contributed by atoms with E-state index in [-0.39, 0.29) is 54.4 Å². The molecule has 0 aromatic heterocycles. The number of nitrogens with one attached hydrogen (secondary N) is 3. The molecule has 3 N–H and O–H groups in total. The van der Waals surface area contributed by atoms with Gasteiger partial charge in [-0.2, -0.15) is 0 Å². The van der Waals surface area contributed by atoms with Crippen molar-refractivity contribution in [2.24, 2.45) is 4.99 Å². The summed E-state index contributed by atoms with van der Waals surface area (Å²) in [6, 6.07) is 0. The first-order valence-corrected chi connectivity index (χ1v) is 7.35. The first kappa shape index (κ1) is 20.9. The standard InChI is InChI=1S/C14H27N5O2.HI/c1-14(2,3)18-11(20)9-16-13(15-4)17-10-12(21)19-7-5-6-8-19;/h5-10H2,1-4H3,(H,18,20)(H2,15,16,17);1H. The van der Waals surface area contributed by atoms with Gasteiger partial charge in [0.15, 0.2) is 5.96 Å². The number of halogens is 1. The van der Waals surface area contributed by atoms with Crippen LogP contribution in [0.1, 0.15) is 33.6 Å². The summed E-state index contributed by atoms with van der Waals surface area (Å²) in [6.07, 6.45) is 2.15. The minimum absolute atomic E-state index is 0. The molecule has 8 heteroatoms. The molecule has 128 valence electrons. The van der Waals surface area contributed by atoms with Gasteiger partial charge >= 0.3 is 0 Å². The van der Waals surface area contributed by atoms with E-state index < -0.39 is 0 Å². The minimum atomic E-state index is -0.262. The van der Waals surface area contributed by atoms with E-state index in [1.807, 2.05) is 25.7 Å². The van der Waals surface area contributed by atoms with Gasteiger partial charge < -0.3 is 20.9 Å². The molecule has 0 bridgehead atoms. The third-order valence-electron chi connectivity index (χ3n) is 3.02. The number of amides is 2. The number of carbonyl (C=O) groups is 2. The van der Waals surface area contributed by atoms with E-state index in [9.17, 15) is 9.59 Å².